The summed E-state index contributed by atoms with van der Waals surface area (Å²) in [5.74, 6) is 0. The van der Waals surface area contributed by atoms with Crippen LogP contribution >= 0.6 is 0 Å². The molecule has 8 N–H and O–H groups in total. The topological polar surface area (TPSA) is 184 Å². The molecule has 0 amide bonds. The van der Waals surface area contributed by atoms with E-state index in [9.17, 15) is 35.0 Å². The molecule has 2 rings (SSSR count). The maximum Gasteiger partial charge on any atom is 0.187 e. The van der Waals surface area contributed by atoms with E-state index in [1.165, 1.54) is 0 Å². The minimum absolute atomic E-state index is 0.214. The van der Waals surface area contributed by atoms with Crippen LogP contribution in [0.3, 0.4) is 0 Å². The van der Waals surface area contributed by atoms with Gasteiger partial charge in [-0.2, -0.15) is 0 Å². The van der Waals surface area contributed by atoms with Gasteiger partial charge in [0.2, 0.25) is 0 Å². The number of rotatable bonds is 10. The first kappa shape index (κ1) is 24.8. The molecule has 2 aliphatic rings. The quantitative estimate of drug-likeness (QED) is 0.173. The van der Waals surface area contributed by atoms with Gasteiger partial charge >= 0.3 is 0 Å². The molecule has 29 heavy (non-hydrogen) atoms. The van der Waals surface area contributed by atoms with Crippen LogP contribution in [0.15, 0.2) is 0 Å². The van der Waals surface area contributed by atoms with Crippen molar-refractivity contribution in [3.05, 3.63) is 0 Å². The second kappa shape index (κ2) is 11.8. The van der Waals surface area contributed by atoms with E-state index < -0.39 is 74.7 Å². The predicted molar refractivity (Wildman–Crippen MR) is 94.1 cm³/mol. The number of nitrogens with two attached hydrogens (primary N) is 1. The Hall–Kier alpha value is -0.510. The van der Waals surface area contributed by atoms with Crippen molar-refractivity contribution in [2.45, 2.75) is 80.7 Å². The van der Waals surface area contributed by atoms with Crippen LogP contribution in [-0.4, -0.2) is 118 Å². The minimum atomic E-state index is -1.74. The van der Waals surface area contributed by atoms with Crippen molar-refractivity contribution in [1.29, 1.82) is 0 Å². The van der Waals surface area contributed by atoms with Gasteiger partial charge < -0.3 is 55.3 Å². The smallest absolute Gasteiger partial charge is 0.187 e. The molecule has 2 saturated heterocycles. The van der Waals surface area contributed by atoms with E-state index in [1.54, 1.807) is 0 Å². The Bertz CT molecular complexity index is 473. The second-order valence-electron chi connectivity index (χ2n) is 7.20. The maximum absolute atomic E-state index is 13.5. The van der Waals surface area contributed by atoms with Crippen LogP contribution in [0.25, 0.3) is 0 Å². The zero-order valence-corrected chi connectivity index (χ0v) is 16.0. The van der Waals surface area contributed by atoms with Gasteiger partial charge in [0.25, 0.3) is 0 Å². The number of unbranched alkanes of at least 4 members (excludes halogenated alkanes) is 2. The fourth-order valence-electron chi connectivity index (χ4n) is 3.29. The SMILES string of the molecule is NCCCCCOC1OC(CF)C(OC2OC(CO)C(O)C(O)C2O)C(O)C1O. The molecule has 0 aliphatic carbocycles. The van der Waals surface area contributed by atoms with Gasteiger partial charge in [0.15, 0.2) is 12.6 Å². The summed E-state index contributed by atoms with van der Waals surface area (Å²) in [5.41, 5.74) is 5.40. The van der Waals surface area contributed by atoms with Gasteiger partial charge in [-0.15, -0.1) is 0 Å². The molecule has 11 nitrogen and oxygen atoms in total. The van der Waals surface area contributed by atoms with Crippen LogP contribution < -0.4 is 5.73 Å². The molecular weight excluding hydrogens is 397 g/mol. The lowest BCUT2D eigenvalue weighted by Gasteiger charge is -2.45. The Morgan fingerprint density at radius 2 is 1.45 bits per heavy atom. The molecule has 2 fully saturated rings. The molecule has 10 atom stereocenters. The summed E-state index contributed by atoms with van der Waals surface area (Å²) >= 11 is 0. The van der Waals surface area contributed by atoms with Crippen LogP contribution in [0.2, 0.25) is 0 Å². The standard InChI is InChI=1S/C17H32FNO10/c18-6-8-15(29-17-13(24)11(22)10(21)9(7-20)28-17)12(23)14(25)16(27-8)26-5-3-1-2-4-19/h8-17,20-25H,1-7,19H2. The van der Waals surface area contributed by atoms with Crippen LogP contribution in [0.1, 0.15) is 19.3 Å². The lowest BCUT2D eigenvalue weighted by molar-refractivity contribution is -0.358. The number of ether oxygens (including phenoxy) is 4. The molecule has 0 radical (unpaired) electrons. The first-order chi connectivity index (χ1) is 13.8. The summed E-state index contributed by atoms with van der Waals surface area (Å²) in [7, 11) is 0. The zero-order valence-electron chi connectivity index (χ0n) is 16.0. The molecule has 0 bridgehead atoms. The Morgan fingerprint density at radius 3 is 2.07 bits per heavy atom. The van der Waals surface area contributed by atoms with Crippen molar-refractivity contribution in [1.82, 2.24) is 0 Å². The summed E-state index contributed by atoms with van der Waals surface area (Å²) in [6, 6.07) is 0. The van der Waals surface area contributed by atoms with Crippen molar-refractivity contribution >= 4 is 0 Å². The van der Waals surface area contributed by atoms with Crippen molar-refractivity contribution in [2.75, 3.05) is 26.4 Å². The van der Waals surface area contributed by atoms with Crippen molar-refractivity contribution < 1.29 is 54.0 Å². The predicted octanol–water partition coefficient (Wildman–Crippen LogP) is -3.27. The third kappa shape index (κ3) is 6.02. The highest BCUT2D eigenvalue weighted by atomic mass is 19.1. The molecule has 0 aromatic carbocycles. The van der Waals surface area contributed by atoms with Gasteiger partial charge in [0.1, 0.15) is 55.5 Å². The molecule has 0 aromatic heterocycles. The monoisotopic (exact) mass is 429 g/mol. The van der Waals surface area contributed by atoms with Gasteiger partial charge in [-0.3, -0.25) is 0 Å². The van der Waals surface area contributed by atoms with Gasteiger partial charge in [0, 0.05) is 6.61 Å². The first-order valence-electron chi connectivity index (χ1n) is 9.70. The molecule has 10 unspecified atom stereocenters. The number of alkyl halides is 1. The fourth-order valence-corrected chi connectivity index (χ4v) is 3.29. The summed E-state index contributed by atoms with van der Waals surface area (Å²) in [6.07, 6.45) is -12.9. The van der Waals surface area contributed by atoms with Gasteiger partial charge in [-0.25, -0.2) is 4.39 Å². The third-order valence-corrected chi connectivity index (χ3v) is 5.06. The summed E-state index contributed by atoms with van der Waals surface area (Å²) < 4.78 is 34.9. The second-order valence-corrected chi connectivity index (χ2v) is 7.20. The van der Waals surface area contributed by atoms with E-state index in [1.807, 2.05) is 0 Å². The number of halogens is 1. The van der Waals surface area contributed by atoms with E-state index >= 15 is 0 Å². The molecule has 12 heteroatoms. The van der Waals surface area contributed by atoms with E-state index in [-0.39, 0.29) is 6.61 Å². The van der Waals surface area contributed by atoms with E-state index in [2.05, 4.69) is 0 Å². The Labute approximate surface area is 167 Å². The fraction of sp³-hybridized carbons (Fsp3) is 1.00. The Balaban J connectivity index is 1.98. The largest absolute Gasteiger partial charge is 0.394 e. The number of hydrogen-bond acceptors (Lipinski definition) is 11. The van der Waals surface area contributed by atoms with Crippen LogP contribution in [0, 0.1) is 0 Å². The normalized spacial score (nSPS) is 43.4. The number of aliphatic hydroxyl groups excluding tert-OH is 6. The first-order valence-corrected chi connectivity index (χ1v) is 9.70. The Morgan fingerprint density at radius 1 is 0.793 bits per heavy atom. The molecule has 172 valence electrons. The number of aliphatic hydroxyl groups is 6. The van der Waals surface area contributed by atoms with Crippen molar-refractivity contribution in [2.24, 2.45) is 5.73 Å². The third-order valence-electron chi connectivity index (χ3n) is 5.06. The highest BCUT2D eigenvalue weighted by Crippen LogP contribution is 2.29. The van der Waals surface area contributed by atoms with Crippen molar-refractivity contribution in [3.63, 3.8) is 0 Å². The summed E-state index contributed by atoms with van der Waals surface area (Å²) in [6.45, 7) is -1.02. The average Bonchev–Trinajstić information content (AvgIpc) is 2.72. The summed E-state index contributed by atoms with van der Waals surface area (Å²) in [4.78, 5) is 0. The highest BCUT2D eigenvalue weighted by Gasteiger charge is 2.50. The Kier molecular flexibility index (Phi) is 10.0. The molecule has 2 aliphatic heterocycles. The lowest BCUT2D eigenvalue weighted by Crippen LogP contribution is -2.64. The van der Waals surface area contributed by atoms with Crippen LogP contribution in [0.4, 0.5) is 4.39 Å². The molecule has 0 saturated carbocycles. The van der Waals surface area contributed by atoms with E-state index in [0.29, 0.717) is 13.0 Å². The van der Waals surface area contributed by atoms with E-state index in [4.69, 9.17) is 24.7 Å². The average molecular weight is 429 g/mol. The molecular formula is C17H32FNO10. The van der Waals surface area contributed by atoms with Gasteiger partial charge in [-0.05, 0) is 25.8 Å². The molecule has 2 heterocycles. The summed E-state index contributed by atoms with van der Waals surface area (Å²) in [5, 5.41) is 59.5. The van der Waals surface area contributed by atoms with Crippen molar-refractivity contribution in [3.8, 4) is 0 Å². The van der Waals surface area contributed by atoms with E-state index in [0.717, 1.165) is 12.8 Å². The van der Waals surface area contributed by atoms with Crippen LogP contribution in [-0.2, 0) is 18.9 Å². The molecule has 0 aromatic rings. The van der Waals surface area contributed by atoms with Gasteiger partial charge in [0.05, 0.1) is 6.61 Å². The zero-order chi connectivity index (χ0) is 21.6. The maximum atomic E-state index is 13.5. The minimum Gasteiger partial charge on any atom is -0.394 e. The molecule has 0 spiro atoms. The lowest BCUT2D eigenvalue weighted by atomic mass is 9.97. The number of hydrogen-bond donors (Lipinski definition) is 7. The van der Waals surface area contributed by atoms with Gasteiger partial charge in [-0.1, -0.05) is 0 Å². The van der Waals surface area contributed by atoms with Crippen LogP contribution in [0.5, 0.6) is 0 Å². The highest BCUT2D eigenvalue weighted by molar-refractivity contribution is 4.94.